The first kappa shape index (κ1) is 18.2. The van der Waals surface area contributed by atoms with Crippen LogP contribution >= 0.6 is 11.3 Å². The Kier molecular flexibility index (Phi) is 5.12. The number of thiazole rings is 1. The zero-order chi connectivity index (χ0) is 19.5. The molecule has 1 aromatic carbocycles. The Morgan fingerprint density at radius 2 is 2.11 bits per heavy atom. The SMILES string of the molecule is C[C@H](Oc1ccccc1)C(=O)N1CCc2nc(NC(=O)c3ccoc3)sc2C1. The van der Waals surface area contributed by atoms with Crippen molar-refractivity contribution in [2.24, 2.45) is 0 Å². The monoisotopic (exact) mass is 397 g/mol. The third-order valence-corrected chi connectivity index (χ3v) is 5.45. The summed E-state index contributed by atoms with van der Waals surface area (Å²) in [6.45, 7) is 2.80. The van der Waals surface area contributed by atoms with Crippen LogP contribution in [0.25, 0.3) is 0 Å². The Bertz CT molecular complexity index is 969. The van der Waals surface area contributed by atoms with Gasteiger partial charge in [-0.05, 0) is 25.1 Å². The van der Waals surface area contributed by atoms with Crippen LogP contribution in [0.5, 0.6) is 5.75 Å². The average molecular weight is 397 g/mol. The molecule has 0 unspecified atom stereocenters. The summed E-state index contributed by atoms with van der Waals surface area (Å²) < 4.78 is 10.7. The lowest BCUT2D eigenvalue weighted by atomic mass is 10.1. The Labute approximate surface area is 165 Å². The van der Waals surface area contributed by atoms with Crippen molar-refractivity contribution in [3.05, 3.63) is 65.1 Å². The number of anilines is 1. The van der Waals surface area contributed by atoms with Crippen LogP contribution in [0, 0.1) is 0 Å². The van der Waals surface area contributed by atoms with Gasteiger partial charge >= 0.3 is 0 Å². The topological polar surface area (TPSA) is 84.7 Å². The number of aromatic nitrogens is 1. The Balaban J connectivity index is 1.39. The lowest BCUT2D eigenvalue weighted by Crippen LogP contribution is -2.42. The fraction of sp³-hybridized carbons (Fsp3) is 0.250. The Morgan fingerprint density at radius 1 is 1.29 bits per heavy atom. The van der Waals surface area contributed by atoms with Crippen LogP contribution in [-0.2, 0) is 17.8 Å². The number of fused-ring (bicyclic) bond motifs is 1. The second-order valence-electron chi connectivity index (χ2n) is 6.44. The highest BCUT2D eigenvalue weighted by atomic mass is 32.1. The molecule has 4 rings (SSSR count). The lowest BCUT2D eigenvalue weighted by Gasteiger charge is -2.28. The van der Waals surface area contributed by atoms with Gasteiger partial charge in [-0.15, -0.1) is 0 Å². The van der Waals surface area contributed by atoms with Crippen molar-refractivity contribution in [2.75, 3.05) is 11.9 Å². The van der Waals surface area contributed by atoms with Gasteiger partial charge in [0.25, 0.3) is 11.8 Å². The molecule has 8 heteroatoms. The summed E-state index contributed by atoms with van der Waals surface area (Å²) in [7, 11) is 0. The Morgan fingerprint density at radius 3 is 2.86 bits per heavy atom. The van der Waals surface area contributed by atoms with Crippen molar-refractivity contribution in [3.63, 3.8) is 0 Å². The largest absolute Gasteiger partial charge is 0.481 e. The van der Waals surface area contributed by atoms with Crippen molar-refractivity contribution in [3.8, 4) is 5.75 Å². The van der Waals surface area contributed by atoms with Crippen LogP contribution < -0.4 is 10.1 Å². The number of amides is 2. The van der Waals surface area contributed by atoms with Crippen LogP contribution in [0.15, 0.2) is 53.3 Å². The third-order valence-electron chi connectivity index (χ3n) is 4.45. The smallest absolute Gasteiger partial charge is 0.263 e. The number of benzene rings is 1. The molecular formula is C20H19N3O4S. The van der Waals surface area contributed by atoms with Crippen LogP contribution in [0.4, 0.5) is 5.13 Å². The molecule has 0 radical (unpaired) electrons. The summed E-state index contributed by atoms with van der Waals surface area (Å²) in [4.78, 5) is 32.1. The second kappa shape index (κ2) is 7.85. The molecule has 0 aliphatic carbocycles. The van der Waals surface area contributed by atoms with Gasteiger partial charge in [-0.2, -0.15) is 0 Å². The maximum Gasteiger partial charge on any atom is 0.263 e. The first-order valence-corrected chi connectivity index (χ1v) is 9.74. The highest BCUT2D eigenvalue weighted by Gasteiger charge is 2.28. The van der Waals surface area contributed by atoms with E-state index in [4.69, 9.17) is 9.15 Å². The minimum Gasteiger partial charge on any atom is -0.481 e. The molecule has 1 aliphatic heterocycles. The van der Waals surface area contributed by atoms with Crippen molar-refractivity contribution in [2.45, 2.75) is 26.0 Å². The third kappa shape index (κ3) is 3.91. The van der Waals surface area contributed by atoms with Gasteiger partial charge in [-0.1, -0.05) is 29.5 Å². The highest BCUT2D eigenvalue weighted by molar-refractivity contribution is 7.15. The molecule has 1 N–H and O–H groups in total. The molecule has 0 fully saturated rings. The summed E-state index contributed by atoms with van der Waals surface area (Å²) in [6, 6.07) is 10.9. The standard InChI is InChI=1S/C20H19N3O4S/c1-13(27-15-5-3-2-4-6-15)19(25)23-9-7-16-17(11-23)28-20(21-16)22-18(24)14-8-10-26-12-14/h2-6,8,10,12-13H,7,9,11H2,1H3,(H,21,22,24)/t13-/m0/s1. The molecule has 1 atom stereocenters. The number of hydrogen-bond acceptors (Lipinski definition) is 6. The molecule has 3 heterocycles. The number of para-hydroxylation sites is 1. The highest BCUT2D eigenvalue weighted by Crippen LogP contribution is 2.29. The average Bonchev–Trinajstić information content (AvgIpc) is 3.37. The van der Waals surface area contributed by atoms with Crippen LogP contribution in [0.3, 0.4) is 0 Å². The molecule has 0 saturated carbocycles. The summed E-state index contributed by atoms with van der Waals surface area (Å²) >= 11 is 1.39. The number of rotatable bonds is 5. The number of nitrogens with zero attached hydrogens (tertiary/aromatic N) is 2. The zero-order valence-corrected chi connectivity index (χ0v) is 16.1. The normalized spacial score (nSPS) is 14.2. The number of ether oxygens (including phenoxy) is 1. The molecule has 0 bridgehead atoms. The van der Waals surface area contributed by atoms with E-state index in [2.05, 4.69) is 10.3 Å². The molecule has 2 amide bonds. The Hall–Kier alpha value is -3.13. The second-order valence-corrected chi connectivity index (χ2v) is 7.52. The molecular weight excluding hydrogens is 378 g/mol. The van der Waals surface area contributed by atoms with E-state index in [0.717, 1.165) is 10.6 Å². The molecule has 144 valence electrons. The fourth-order valence-corrected chi connectivity index (χ4v) is 4.03. The first-order valence-electron chi connectivity index (χ1n) is 8.93. The molecule has 1 aliphatic rings. The predicted octanol–water partition coefficient (Wildman–Crippen LogP) is 3.34. The maximum atomic E-state index is 12.8. The van der Waals surface area contributed by atoms with E-state index in [-0.39, 0.29) is 11.8 Å². The van der Waals surface area contributed by atoms with Gasteiger partial charge < -0.3 is 14.1 Å². The number of carbonyl (C=O) groups is 2. The van der Waals surface area contributed by atoms with Crippen molar-refractivity contribution in [1.82, 2.24) is 9.88 Å². The van der Waals surface area contributed by atoms with Gasteiger partial charge in [-0.3, -0.25) is 14.9 Å². The van der Waals surface area contributed by atoms with E-state index in [1.54, 1.807) is 17.9 Å². The van der Waals surface area contributed by atoms with Gasteiger partial charge in [0.2, 0.25) is 0 Å². The van der Waals surface area contributed by atoms with Gasteiger partial charge in [0.15, 0.2) is 11.2 Å². The van der Waals surface area contributed by atoms with Gasteiger partial charge in [0.1, 0.15) is 12.0 Å². The molecule has 0 spiro atoms. The van der Waals surface area contributed by atoms with Crippen molar-refractivity contribution < 1.29 is 18.7 Å². The van der Waals surface area contributed by atoms with Crippen molar-refractivity contribution >= 4 is 28.3 Å². The van der Waals surface area contributed by atoms with Gasteiger partial charge in [0, 0.05) is 17.8 Å². The van der Waals surface area contributed by atoms with Crippen molar-refractivity contribution in [1.29, 1.82) is 0 Å². The molecule has 28 heavy (non-hydrogen) atoms. The number of hydrogen-bond donors (Lipinski definition) is 1. The first-order chi connectivity index (χ1) is 13.6. The maximum absolute atomic E-state index is 12.8. The zero-order valence-electron chi connectivity index (χ0n) is 15.3. The van der Waals surface area contributed by atoms with E-state index in [1.165, 1.54) is 23.9 Å². The van der Waals surface area contributed by atoms with E-state index < -0.39 is 6.10 Å². The minimum atomic E-state index is -0.572. The summed E-state index contributed by atoms with van der Waals surface area (Å²) in [5.41, 5.74) is 1.37. The number of furan rings is 1. The van der Waals surface area contributed by atoms with E-state index in [0.29, 0.717) is 36.0 Å². The number of nitrogens with one attached hydrogen (secondary N) is 1. The van der Waals surface area contributed by atoms with Gasteiger partial charge in [0.05, 0.1) is 24.1 Å². The van der Waals surface area contributed by atoms with E-state index >= 15 is 0 Å². The summed E-state index contributed by atoms with van der Waals surface area (Å²) in [6.07, 6.45) is 2.91. The quantitative estimate of drug-likeness (QED) is 0.714. The minimum absolute atomic E-state index is 0.0631. The van der Waals surface area contributed by atoms with E-state index in [1.807, 2.05) is 30.3 Å². The molecule has 0 saturated heterocycles. The molecule has 2 aromatic heterocycles. The van der Waals surface area contributed by atoms with Crippen LogP contribution in [0.1, 0.15) is 27.9 Å². The summed E-state index contributed by atoms with van der Waals surface area (Å²) in [5.74, 6) is 0.340. The lowest BCUT2D eigenvalue weighted by molar-refractivity contribution is -0.138. The van der Waals surface area contributed by atoms with E-state index in [9.17, 15) is 9.59 Å². The van der Waals surface area contributed by atoms with Crippen LogP contribution in [0.2, 0.25) is 0 Å². The molecule has 7 nitrogen and oxygen atoms in total. The van der Waals surface area contributed by atoms with Gasteiger partial charge in [-0.25, -0.2) is 4.98 Å². The van der Waals surface area contributed by atoms with Crippen LogP contribution in [-0.4, -0.2) is 34.3 Å². The predicted molar refractivity (Wildman–Crippen MR) is 104 cm³/mol. The molecule has 3 aromatic rings. The summed E-state index contributed by atoms with van der Waals surface area (Å²) in [5, 5.41) is 3.31. The number of carbonyl (C=O) groups excluding carboxylic acids is 2. The fourth-order valence-electron chi connectivity index (χ4n) is 3.01.